The van der Waals surface area contributed by atoms with Gasteiger partial charge in [0.1, 0.15) is 34.7 Å². The largest absolute Gasteiger partial charge is 0.477 e. The molecular weight excluding hydrogens is 440 g/mol. The molecule has 1 unspecified atom stereocenters. The molecule has 0 saturated carbocycles. The normalized spacial score (nSPS) is 19.2. The minimum Gasteiger partial charge on any atom is -0.477 e. The van der Waals surface area contributed by atoms with E-state index in [1.807, 2.05) is 25.1 Å². The Labute approximate surface area is 203 Å². The van der Waals surface area contributed by atoms with Crippen molar-refractivity contribution in [2.75, 3.05) is 48.4 Å². The summed E-state index contributed by atoms with van der Waals surface area (Å²) in [5, 5.41) is 21.1. The van der Waals surface area contributed by atoms with Gasteiger partial charge in [-0.3, -0.25) is 0 Å². The number of benzene rings is 2. The summed E-state index contributed by atoms with van der Waals surface area (Å²) in [7, 11) is 0. The second-order valence-corrected chi connectivity index (χ2v) is 8.97. The molecule has 2 N–H and O–H groups in total. The van der Waals surface area contributed by atoms with Gasteiger partial charge in [-0.05, 0) is 42.3 Å². The van der Waals surface area contributed by atoms with E-state index >= 15 is 0 Å². The highest BCUT2D eigenvalue weighted by Gasteiger charge is 2.35. The first-order valence-electron chi connectivity index (χ1n) is 11.9. The van der Waals surface area contributed by atoms with Crippen LogP contribution in [0.3, 0.4) is 0 Å². The smallest absolute Gasteiger partial charge is 0.234 e. The maximum atomic E-state index is 10.0. The predicted octanol–water partition coefficient (Wildman–Crippen LogP) is 4.60. The zero-order chi connectivity index (χ0) is 24.0. The first-order chi connectivity index (χ1) is 17.1. The van der Waals surface area contributed by atoms with Gasteiger partial charge in [0.25, 0.3) is 0 Å². The number of hydrogen-bond donors (Lipinski definition) is 2. The number of nitriles is 1. The summed E-state index contributed by atoms with van der Waals surface area (Å²) >= 11 is 0. The number of pyridine rings is 2. The van der Waals surface area contributed by atoms with Gasteiger partial charge in [-0.25, -0.2) is 4.98 Å². The van der Waals surface area contributed by atoms with Crippen molar-refractivity contribution in [2.24, 2.45) is 0 Å². The molecule has 176 valence electrons. The zero-order valence-corrected chi connectivity index (χ0v) is 19.8. The van der Waals surface area contributed by atoms with Gasteiger partial charge in [0, 0.05) is 18.5 Å². The molecule has 6 rings (SSSR count). The Bertz CT molecular complexity index is 1490. The lowest BCUT2D eigenvalue weighted by atomic mass is 9.95. The third-order valence-corrected chi connectivity index (χ3v) is 6.73. The summed E-state index contributed by atoms with van der Waals surface area (Å²) in [4.78, 5) is 12.0. The van der Waals surface area contributed by atoms with E-state index in [0.29, 0.717) is 42.9 Å². The van der Waals surface area contributed by atoms with E-state index < -0.39 is 5.66 Å². The fourth-order valence-electron chi connectivity index (χ4n) is 4.93. The standard InChI is InChI=1S/C27H26N6O2/c1-3-35-26-21(16-28)20-15-22(33-10-12-34-13-11-33)29-24-23(20)25(30-26)32-27(2,31-24)19-9-8-17-6-4-5-7-18(17)14-19/h4-9,14-15H,3,10-13H2,1-2H3,(H,29,31)(H,30,32). The summed E-state index contributed by atoms with van der Waals surface area (Å²) in [5.74, 6) is 2.48. The number of fused-ring (bicyclic) bond motifs is 1. The average Bonchev–Trinajstić information content (AvgIpc) is 2.89. The molecule has 0 amide bonds. The predicted molar refractivity (Wildman–Crippen MR) is 137 cm³/mol. The molecule has 0 radical (unpaired) electrons. The lowest BCUT2D eigenvalue weighted by molar-refractivity contribution is 0.122. The zero-order valence-electron chi connectivity index (χ0n) is 19.8. The maximum absolute atomic E-state index is 10.0. The van der Waals surface area contributed by atoms with Crippen LogP contribution in [-0.4, -0.2) is 42.9 Å². The van der Waals surface area contributed by atoms with E-state index in [2.05, 4.69) is 58.9 Å². The average molecular weight is 467 g/mol. The summed E-state index contributed by atoms with van der Waals surface area (Å²) in [5.41, 5.74) is 0.796. The molecule has 2 aromatic carbocycles. The lowest BCUT2D eigenvalue weighted by Gasteiger charge is -2.39. The summed E-state index contributed by atoms with van der Waals surface area (Å²) < 4.78 is 11.4. The fraction of sp³-hybridized carbons (Fsp3) is 0.296. The highest BCUT2D eigenvalue weighted by molar-refractivity contribution is 6.07. The number of rotatable bonds is 4. The van der Waals surface area contributed by atoms with E-state index in [9.17, 15) is 5.26 Å². The molecule has 1 atom stereocenters. The molecular formula is C27H26N6O2. The van der Waals surface area contributed by atoms with Crippen LogP contribution in [0.4, 0.5) is 17.5 Å². The number of anilines is 3. The minimum absolute atomic E-state index is 0.331. The Morgan fingerprint density at radius 1 is 1.06 bits per heavy atom. The van der Waals surface area contributed by atoms with Crippen molar-refractivity contribution in [1.29, 1.82) is 5.26 Å². The quantitative estimate of drug-likeness (QED) is 0.451. The van der Waals surface area contributed by atoms with Crippen LogP contribution in [0.5, 0.6) is 5.88 Å². The summed E-state index contributed by atoms with van der Waals surface area (Å²) in [6.07, 6.45) is 0. The minimum atomic E-state index is -0.675. The van der Waals surface area contributed by atoms with Gasteiger partial charge in [0.15, 0.2) is 0 Å². The highest BCUT2D eigenvalue weighted by Crippen LogP contribution is 2.44. The first kappa shape index (κ1) is 21.4. The van der Waals surface area contributed by atoms with Crippen LogP contribution in [0.1, 0.15) is 25.0 Å². The molecule has 0 spiro atoms. The van der Waals surface area contributed by atoms with Crippen molar-refractivity contribution < 1.29 is 9.47 Å². The second-order valence-electron chi connectivity index (χ2n) is 8.97. The number of aromatic nitrogens is 2. The molecule has 0 bridgehead atoms. The van der Waals surface area contributed by atoms with Gasteiger partial charge in [0.05, 0.1) is 25.2 Å². The van der Waals surface area contributed by atoms with Crippen molar-refractivity contribution in [3.8, 4) is 11.9 Å². The first-order valence-corrected chi connectivity index (χ1v) is 11.9. The van der Waals surface area contributed by atoms with Gasteiger partial charge in [-0.2, -0.15) is 10.2 Å². The van der Waals surface area contributed by atoms with Crippen LogP contribution in [0, 0.1) is 11.3 Å². The van der Waals surface area contributed by atoms with Crippen molar-refractivity contribution >= 4 is 39.0 Å². The number of nitrogens with one attached hydrogen (secondary N) is 2. The summed E-state index contributed by atoms with van der Waals surface area (Å²) in [6, 6.07) is 19.0. The van der Waals surface area contributed by atoms with Crippen molar-refractivity contribution in [1.82, 2.24) is 9.97 Å². The van der Waals surface area contributed by atoms with Gasteiger partial charge < -0.3 is 25.0 Å². The number of ether oxygens (including phenoxy) is 2. The Hall–Kier alpha value is -4.09. The van der Waals surface area contributed by atoms with Crippen molar-refractivity contribution in [2.45, 2.75) is 19.5 Å². The molecule has 2 aliphatic rings. The number of hydrogen-bond acceptors (Lipinski definition) is 8. The van der Waals surface area contributed by atoms with Crippen LogP contribution >= 0.6 is 0 Å². The van der Waals surface area contributed by atoms with Gasteiger partial charge in [-0.15, -0.1) is 0 Å². The Morgan fingerprint density at radius 3 is 2.54 bits per heavy atom. The molecule has 8 nitrogen and oxygen atoms in total. The van der Waals surface area contributed by atoms with E-state index in [1.54, 1.807) is 0 Å². The lowest BCUT2D eigenvalue weighted by Crippen LogP contribution is -2.43. The molecule has 35 heavy (non-hydrogen) atoms. The van der Waals surface area contributed by atoms with Gasteiger partial charge >= 0.3 is 0 Å². The van der Waals surface area contributed by atoms with Crippen LogP contribution in [-0.2, 0) is 10.4 Å². The van der Waals surface area contributed by atoms with E-state index in [1.165, 1.54) is 5.39 Å². The number of morpholine rings is 1. The molecule has 1 saturated heterocycles. The SMILES string of the molecule is CCOc1nc2c3c(nc(N4CCOCC4)cc3c1C#N)NC(C)(c1ccc3ccccc3c1)N2. The third-order valence-electron chi connectivity index (χ3n) is 6.73. The fourth-order valence-corrected chi connectivity index (χ4v) is 4.93. The van der Waals surface area contributed by atoms with Crippen molar-refractivity contribution in [3.63, 3.8) is 0 Å². The van der Waals surface area contributed by atoms with Gasteiger partial charge in [-0.1, -0.05) is 36.4 Å². The Morgan fingerprint density at radius 2 is 1.80 bits per heavy atom. The van der Waals surface area contributed by atoms with Gasteiger partial charge in [0.2, 0.25) is 5.88 Å². The second kappa shape index (κ2) is 8.29. The molecule has 4 heterocycles. The highest BCUT2D eigenvalue weighted by atomic mass is 16.5. The molecule has 0 aliphatic carbocycles. The van der Waals surface area contributed by atoms with Crippen LogP contribution < -0.4 is 20.3 Å². The van der Waals surface area contributed by atoms with Crippen LogP contribution in [0.15, 0.2) is 48.5 Å². The van der Waals surface area contributed by atoms with Crippen LogP contribution in [0.25, 0.3) is 21.5 Å². The Balaban J connectivity index is 1.55. The topological polar surface area (TPSA) is 95.3 Å². The number of nitrogens with zero attached hydrogens (tertiary/aromatic N) is 4. The summed E-state index contributed by atoms with van der Waals surface area (Å²) in [6.45, 7) is 7.18. The Kier molecular flexibility index (Phi) is 5.08. The molecule has 2 aromatic heterocycles. The van der Waals surface area contributed by atoms with Crippen LogP contribution in [0.2, 0.25) is 0 Å². The third kappa shape index (κ3) is 3.56. The van der Waals surface area contributed by atoms with E-state index in [4.69, 9.17) is 19.4 Å². The molecule has 1 fully saturated rings. The van der Waals surface area contributed by atoms with E-state index in [0.717, 1.165) is 40.6 Å². The molecule has 2 aliphatic heterocycles. The monoisotopic (exact) mass is 466 g/mol. The molecule has 4 aromatic rings. The maximum Gasteiger partial charge on any atom is 0.234 e. The molecule has 8 heteroatoms. The van der Waals surface area contributed by atoms with E-state index in [-0.39, 0.29) is 0 Å². The van der Waals surface area contributed by atoms with Crippen molar-refractivity contribution in [3.05, 3.63) is 59.7 Å².